The van der Waals surface area contributed by atoms with Crippen LogP contribution in [0.4, 0.5) is 0 Å². The number of hydrogen-bond donors (Lipinski definition) is 1. The SMILES string of the molecule is CCCC[N+](CCCC)(CCCC)CCCC.CCCC[N+](CCCC)(CCCC)Cc1ccccc1.CCCC[N+](CCCC)(CCCC)Cc1ccccc1.O=S(=O)([O-])O.[Br-].[Cl-]. The van der Waals surface area contributed by atoms with Crippen LogP contribution in [-0.4, -0.2) is 96.4 Å². The standard InChI is InChI=1S/2C19H34N.C16H36N.BrH.ClH.H2O4S/c2*1-4-7-15-20(16-8-5-2,17-9-6-3)18-19-13-11-10-12-14-19;1-5-9-13-17(14-10-6-2,15-11-7-3)16-12-8-4;;;1-5(2,3)4/h2*10-14H,4-9,15-18H2,1-3H3;5-16H2,1-4H3;2*1H;(H2,1,2,3,4)/q3*+1;;;/p-3. The quantitative estimate of drug-likeness (QED) is 0.0433. The second-order valence-corrected chi connectivity index (χ2v) is 19.4. The Kier molecular flexibility index (Phi) is 49.7. The van der Waals surface area contributed by atoms with Crippen molar-refractivity contribution in [1.82, 2.24) is 0 Å². The van der Waals surface area contributed by atoms with Gasteiger partial charge in [0, 0.05) is 11.1 Å². The van der Waals surface area contributed by atoms with Gasteiger partial charge in [0.05, 0.1) is 65.4 Å². The molecule has 0 spiro atoms. The van der Waals surface area contributed by atoms with Crippen LogP contribution in [-0.2, 0) is 23.5 Å². The van der Waals surface area contributed by atoms with Gasteiger partial charge in [-0.3, -0.25) is 4.55 Å². The zero-order valence-corrected chi connectivity index (χ0v) is 46.7. The fraction of sp³-hybridized carbons (Fsp3) is 0.778. The molecule has 10 heteroatoms. The summed E-state index contributed by atoms with van der Waals surface area (Å²) in [4.78, 5) is 0. The summed E-state index contributed by atoms with van der Waals surface area (Å²) in [5, 5.41) is 0. The summed E-state index contributed by atoms with van der Waals surface area (Å²) in [6, 6.07) is 22.2. The lowest BCUT2D eigenvalue weighted by molar-refractivity contribution is -0.941. The fourth-order valence-electron chi connectivity index (χ4n) is 8.69. The van der Waals surface area contributed by atoms with Gasteiger partial charge >= 0.3 is 0 Å². The molecule has 0 aliphatic rings. The van der Waals surface area contributed by atoms with Gasteiger partial charge < -0.3 is 47.4 Å². The van der Waals surface area contributed by atoms with E-state index in [9.17, 15) is 0 Å². The van der Waals surface area contributed by atoms with E-state index in [1.807, 2.05) is 0 Å². The van der Waals surface area contributed by atoms with Crippen molar-refractivity contribution >= 4 is 10.4 Å². The first-order valence-electron chi connectivity index (χ1n) is 26.1. The average Bonchev–Trinajstić information content (AvgIpc) is 3.27. The zero-order chi connectivity index (χ0) is 46.9. The Balaban J connectivity index is -0.000000395. The summed E-state index contributed by atoms with van der Waals surface area (Å²) in [6.45, 7) is 39.5. The van der Waals surface area contributed by atoms with Crippen molar-refractivity contribution in [2.45, 2.75) is 211 Å². The zero-order valence-electron chi connectivity index (χ0n) is 43.6. The van der Waals surface area contributed by atoms with E-state index in [2.05, 4.69) is 130 Å². The third-order valence-corrected chi connectivity index (χ3v) is 12.6. The maximum absolute atomic E-state index is 8.63. The molecule has 2 aromatic rings. The lowest BCUT2D eigenvalue weighted by atomic mass is 10.1. The molecule has 380 valence electrons. The fourth-order valence-corrected chi connectivity index (χ4v) is 8.69. The second kappa shape index (κ2) is 45.7. The van der Waals surface area contributed by atoms with Gasteiger partial charge in [0.25, 0.3) is 0 Å². The van der Waals surface area contributed by atoms with Gasteiger partial charge in [0.1, 0.15) is 13.1 Å². The molecule has 7 nitrogen and oxygen atoms in total. The minimum atomic E-state index is -4.92. The normalized spacial score (nSPS) is 11.4. The molecule has 0 aliphatic carbocycles. The van der Waals surface area contributed by atoms with Crippen molar-refractivity contribution in [1.29, 1.82) is 0 Å². The molecule has 0 amide bonds. The van der Waals surface area contributed by atoms with Crippen LogP contribution >= 0.6 is 0 Å². The Bertz CT molecular complexity index is 1180. The van der Waals surface area contributed by atoms with Crippen molar-refractivity contribution < 1.29 is 60.4 Å². The van der Waals surface area contributed by atoms with Gasteiger partial charge in [-0.25, -0.2) is 8.42 Å². The second-order valence-electron chi connectivity index (χ2n) is 18.5. The number of benzene rings is 2. The van der Waals surface area contributed by atoms with Crippen LogP contribution in [0.5, 0.6) is 0 Å². The van der Waals surface area contributed by atoms with Gasteiger partial charge in [-0.05, 0) is 64.2 Å². The number of halogens is 2. The van der Waals surface area contributed by atoms with E-state index in [0.29, 0.717) is 0 Å². The smallest absolute Gasteiger partial charge is 0.215 e. The third kappa shape index (κ3) is 39.0. The molecule has 0 aliphatic heterocycles. The molecule has 0 saturated carbocycles. The van der Waals surface area contributed by atoms with E-state index < -0.39 is 10.4 Å². The number of hydrogen-bond acceptors (Lipinski definition) is 3. The monoisotopic (exact) mass is 1010 g/mol. The van der Waals surface area contributed by atoms with Gasteiger partial charge in [-0.2, -0.15) is 0 Å². The van der Waals surface area contributed by atoms with E-state index >= 15 is 0 Å². The Morgan fingerprint density at radius 1 is 0.375 bits per heavy atom. The Morgan fingerprint density at radius 2 is 0.531 bits per heavy atom. The van der Waals surface area contributed by atoms with Gasteiger partial charge in [0.2, 0.25) is 10.4 Å². The first-order chi connectivity index (χ1) is 29.8. The first kappa shape index (κ1) is 69.5. The molecule has 0 radical (unpaired) electrons. The first-order valence-corrected chi connectivity index (χ1v) is 27.4. The summed E-state index contributed by atoms with van der Waals surface area (Å²) >= 11 is 0. The van der Waals surface area contributed by atoms with Crippen molar-refractivity contribution in [3.05, 3.63) is 71.8 Å². The Morgan fingerprint density at radius 3 is 0.688 bits per heavy atom. The highest BCUT2D eigenvalue weighted by Crippen LogP contribution is 2.22. The number of quaternary nitrogens is 3. The maximum Gasteiger partial charge on any atom is 0.215 e. The lowest BCUT2D eigenvalue weighted by Gasteiger charge is -2.39. The average molecular weight is 1010 g/mol. The van der Waals surface area contributed by atoms with Crippen LogP contribution in [0.15, 0.2) is 60.7 Å². The number of nitrogens with zero attached hydrogens (tertiary/aromatic N) is 3. The molecule has 0 unspecified atom stereocenters. The van der Waals surface area contributed by atoms with E-state index in [4.69, 9.17) is 17.5 Å². The summed E-state index contributed by atoms with van der Waals surface area (Å²) in [5.74, 6) is 0. The van der Waals surface area contributed by atoms with Crippen molar-refractivity contribution in [3.63, 3.8) is 0 Å². The lowest BCUT2D eigenvalue weighted by Crippen LogP contribution is -3.00. The maximum atomic E-state index is 8.63. The molecule has 2 aromatic carbocycles. The number of rotatable bonds is 34. The van der Waals surface area contributed by atoms with Gasteiger partial charge in [-0.15, -0.1) is 0 Å². The van der Waals surface area contributed by atoms with Crippen molar-refractivity contribution in [2.24, 2.45) is 0 Å². The van der Waals surface area contributed by atoms with E-state index in [1.54, 1.807) is 0 Å². The highest BCUT2D eigenvalue weighted by Gasteiger charge is 2.28. The molecule has 0 fully saturated rings. The molecule has 2 rings (SSSR count). The predicted octanol–water partition coefficient (Wildman–Crippen LogP) is 8.82. The third-order valence-electron chi connectivity index (χ3n) is 12.6. The molecule has 0 atom stereocenters. The molecule has 64 heavy (non-hydrogen) atoms. The number of unbranched alkanes of at least 4 members (excludes halogenated alkanes) is 10. The molecular weight excluding hydrogens is 902 g/mol. The highest BCUT2D eigenvalue weighted by molar-refractivity contribution is 7.79. The van der Waals surface area contributed by atoms with E-state index in [0.717, 1.165) is 0 Å². The van der Waals surface area contributed by atoms with Crippen LogP contribution in [0.1, 0.15) is 209 Å². The minimum Gasteiger partial charge on any atom is -1.00 e. The summed E-state index contributed by atoms with van der Waals surface area (Å²) in [5.41, 5.74) is 3.02. The van der Waals surface area contributed by atoms with Crippen molar-refractivity contribution in [3.8, 4) is 0 Å². The molecule has 0 bridgehead atoms. The summed E-state index contributed by atoms with van der Waals surface area (Å²) < 4.78 is 36.9. The van der Waals surface area contributed by atoms with Crippen LogP contribution in [0.3, 0.4) is 0 Å². The Labute approximate surface area is 416 Å². The van der Waals surface area contributed by atoms with E-state index in [-0.39, 0.29) is 29.4 Å². The van der Waals surface area contributed by atoms with Gasteiger partial charge in [0.15, 0.2) is 0 Å². The van der Waals surface area contributed by atoms with Crippen LogP contribution in [0.2, 0.25) is 0 Å². The molecule has 1 N–H and O–H groups in total. The predicted molar refractivity (Wildman–Crippen MR) is 271 cm³/mol. The van der Waals surface area contributed by atoms with Crippen molar-refractivity contribution in [2.75, 3.05) is 65.4 Å². The minimum absolute atomic E-state index is 0. The van der Waals surface area contributed by atoms with Gasteiger partial charge in [-0.1, -0.05) is 194 Å². The molecule has 0 saturated heterocycles. The molecule has 0 heterocycles. The van der Waals surface area contributed by atoms with Crippen LogP contribution in [0, 0.1) is 0 Å². The highest BCUT2D eigenvalue weighted by atomic mass is 79.9. The van der Waals surface area contributed by atoms with Crippen LogP contribution < -0.4 is 29.4 Å². The molecule has 0 aromatic heterocycles. The van der Waals surface area contributed by atoms with E-state index in [1.165, 1.54) is 232 Å². The molecular formula is C54H105BrClN3O4S. The summed E-state index contributed by atoms with van der Waals surface area (Å²) in [7, 11) is -4.92. The summed E-state index contributed by atoms with van der Waals surface area (Å²) in [6.07, 6.45) is 27.1. The largest absolute Gasteiger partial charge is 1.00 e. The topological polar surface area (TPSA) is 77.4 Å². The van der Waals surface area contributed by atoms with Crippen LogP contribution in [0.25, 0.3) is 0 Å². The Hall–Kier alpha value is -1.04.